The normalized spacial score (nSPS) is 26.4. The van der Waals surface area contributed by atoms with Gasteiger partial charge in [0.25, 0.3) is 0 Å². The number of nitrogens with one attached hydrogen (secondary N) is 1. The van der Waals surface area contributed by atoms with Crippen LogP contribution in [0.25, 0.3) is 0 Å². The van der Waals surface area contributed by atoms with Crippen LogP contribution in [0.2, 0.25) is 0 Å². The summed E-state index contributed by atoms with van der Waals surface area (Å²) in [7, 11) is 0. The number of anilines is 2. The Morgan fingerprint density at radius 3 is 3.05 bits per heavy atom. The summed E-state index contributed by atoms with van der Waals surface area (Å²) in [5, 5.41) is 2.95. The summed E-state index contributed by atoms with van der Waals surface area (Å²) in [5.74, 6) is 0. The lowest BCUT2D eigenvalue weighted by Crippen LogP contribution is -2.57. The molecule has 2 unspecified atom stereocenters. The van der Waals surface area contributed by atoms with Crippen molar-refractivity contribution in [1.29, 1.82) is 0 Å². The van der Waals surface area contributed by atoms with Gasteiger partial charge < -0.3 is 16.0 Å². The van der Waals surface area contributed by atoms with Crippen LogP contribution in [0.4, 0.5) is 16.2 Å². The van der Waals surface area contributed by atoms with E-state index in [0.29, 0.717) is 11.7 Å². The molecule has 2 amide bonds. The van der Waals surface area contributed by atoms with Gasteiger partial charge in [-0.25, -0.2) is 4.79 Å². The van der Waals surface area contributed by atoms with Gasteiger partial charge >= 0.3 is 6.03 Å². The van der Waals surface area contributed by atoms with Gasteiger partial charge in [0.15, 0.2) is 0 Å². The van der Waals surface area contributed by atoms with Crippen molar-refractivity contribution in [3.8, 4) is 0 Å². The molecule has 5 nitrogen and oxygen atoms in total. The molecule has 2 heterocycles. The largest absolute Gasteiger partial charge is 0.399 e. The summed E-state index contributed by atoms with van der Waals surface area (Å²) >= 11 is 0. The van der Waals surface area contributed by atoms with E-state index >= 15 is 0 Å². The maximum Gasteiger partial charge on any atom is 0.322 e. The van der Waals surface area contributed by atoms with Crippen LogP contribution in [-0.2, 0) is 0 Å². The third-order valence-electron chi connectivity index (χ3n) is 4.34. The lowest BCUT2D eigenvalue weighted by atomic mass is 10.1. The van der Waals surface area contributed by atoms with Crippen molar-refractivity contribution >= 4 is 17.4 Å². The Morgan fingerprint density at radius 1 is 1.40 bits per heavy atom. The molecular formula is C15H22N4O. The van der Waals surface area contributed by atoms with Gasteiger partial charge in [0.2, 0.25) is 0 Å². The van der Waals surface area contributed by atoms with E-state index in [9.17, 15) is 4.79 Å². The van der Waals surface area contributed by atoms with Crippen LogP contribution < -0.4 is 11.1 Å². The van der Waals surface area contributed by atoms with Gasteiger partial charge in [-0.2, -0.15) is 0 Å². The van der Waals surface area contributed by atoms with Crippen LogP contribution in [0.5, 0.6) is 0 Å². The molecule has 0 aromatic heterocycles. The van der Waals surface area contributed by atoms with Crippen LogP contribution in [0, 0.1) is 0 Å². The third kappa shape index (κ3) is 2.58. The molecule has 0 bridgehead atoms. The highest BCUT2D eigenvalue weighted by Crippen LogP contribution is 2.25. The van der Waals surface area contributed by atoms with E-state index in [2.05, 4.69) is 17.1 Å². The standard InChI is InChI=1S/C15H22N4O/c1-11-9-18-7-3-6-14(18)10-19(11)15(20)17-13-5-2-4-12(16)8-13/h2,4-5,8,11,14H,3,6-7,9-10,16H2,1H3,(H,17,20). The third-order valence-corrected chi connectivity index (χ3v) is 4.34. The molecule has 20 heavy (non-hydrogen) atoms. The van der Waals surface area contributed by atoms with Crippen molar-refractivity contribution in [2.75, 3.05) is 30.7 Å². The fourth-order valence-electron chi connectivity index (χ4n) is 3.28. The molecule has 0 saturated carbocycles. The quantitative estimate of drug-likeness (QED) is 0.770. The molecule has 1 aromatic rings. The summed E-state index contributed by atoms with van der Waals surface area (Å²) < 4.78 is 0. The molecule has 2 aliphatic heterocycles. The lowest BCUT2D eigenvalue weighted by molar-refractivity contribution is 0.0861. The SMILES string of the molecule is CC1CN2CCCC2CN1C(=O)Nc1cccc(N)c1. The lowest BCUT2D eigenvalue weighted by Gasteiger charge is -2.42. The number of nitrogens with zero attached hydrogens (tertiary/aromatic N) is 2. The predicted octanol–water partition coefficient (Wildman–Crippen LogP) is 1.97. The number of nitrogen functional groups attached to an aromatic ring is 1. The van der Waals surface area contributed by atoms with E-state index in [-0.39, 0.29) is 12.1 Å². The predicted molar refractivity (Wildman–Crippen MR) is 80.6 cm³/mol. The Balaban J connectivity index is 1.67. The Kier molecular flexibility index (Phi) is 3.53. The zero-order chi connectivity index (χ0) is 14.1. The molecule has 1 aromatic carbocycles. The first-order chi connectivity index (χ1) is 9.63. The number of rotatable bonds is 1. The number of urea groups is 1. The summed E-state index contributed by atoms with van der Waals surface area (Å²) in [6, 6.07) is 8.09. The topological polar surface area (TPSA) is 61.6 Å². The second-order valence-electron chi connectivity index (χ2n) is 5.85. The van der Waals surface area contributed by atoms with Crippen molar-refractivity contribution in [2.45, 2.75) is 31.8 Å². The minimum Gasteiger partial charge on any atom is -0.399 e. The molecular weight excluding hydrogens is 252 g/mol. The van der Waals surface area contributed by atoms with Gasteiger partial charge in [-0.15, -0.1) is 0 Å². The molecule has 3 N–H and O–H groups in total. The number of fused-ring (bicyclic) bond motifs is 1. The fourth-order valence-corrected chi connectivity index (χ4v) is 3.28. The van der Waals surface area contributed by atoms with Crippen LogP contribution in [0.1, 0.15) is 19.8 Å². The van der Waals surface area contributed by atoms with Gasteiger partial charge in [-0.05, 0) is 44.5 Å². The smallest absolute Gasteiger partial charge is 0.322 e. The highest BCUT2D eigenvalue weighted by atomic mass is 16.2. The van der Waals surface area contributed by atoms with Gasteiger partial charge in [0.1, 0.15) is 0 Å². The van der Waals surface area contributed by atoms with E-state index in [1.54, 1.807) is 6.07 Å². The maximum atomic E-state index is 12.4. The van der Waals surface area contributed by atoms with Crippen LogP contribution in [-0.4, -0.2) is 47.5 Å². The maximum absolute atomic E-state index is 12.4. The average molecular weight is 274 g/mol. The van der Waals surface area contributed by atoms with E-state index in [1.165, 1.54) is 19.4 Å². The molecule has 0 radical (unpaired) electrons. The highest BCUT2D eigenvalue weighted by Gasteiger charge is 2.36. The number of piperazine rings is 1. The molecule has 2 atom stereocenters. The molecule has 5 heteroatoms. The number of amides is 2. The van der Waals surface area contributed by atoms with Crippen LogP contribution in [0.15, 0.2) is 24.3 Å². The van der Waals surface area contributed by atoms with Gasteiger partial charge in [-0.3, -0.25) is 4.90 Å². The second-order valence-corrected chi connectivity index (χ2v) is 5.85. The van der Waals surface area contributed by atoms with Crippen LogP contribution in [0.3, 0.4) is 0 Å². The van der Waals surface area contributed by atoms with E-state index < -0.39 is 0 Å². The Hall–Kier alpha value is -1.75. The van der Waals surface area contributed by atoms with Crippen molar-refractivity contribution in [3.63, 3.8) is 0 Å². The fraction of sp³-hybridized carbons (Fsp3) is 0.533. The molecule has 2 fully saturated rings. The number of nitrogens with two attached hydrogens (primary N) is 1. The number of benzene rings is 1. The molecule has 0 spiro atoms. The molecule has 108 valence electrons. The van der Waals surface area contributed by atoms with E-state index in [4.69, 9.17) is 5.73 Å². The Bertz CT molecular complexity index is 504. The van der Waals surface area contributed by atoms with Gasteiger partial charge in [0, 0.05) is 36.5 Å². The number of hydrogen-bond acceptors (Lipinski definition) is 3. The summed E-state index contributed by atoms with van der Waals surface area (Å²) in [4.78, 5) is 16.9. The zero-order valence-electron chi connectivity index (χ0n) is 11.9. The van der Waals surface area contributed by atoms with Crippen LogP contribution >= 0.6 is 0 Å². The summed E-state index contributed by atoms with van der Waals surface area (Å²) in [6.07, 6.45) is 2.46. The van der Waals surface area contributed by atoms with Crippen molar-refractivity contribution < 1.29 is 4.79 Å². The molecule has 2 aliphatic rings. The van der Waals surface area contributed by atoms with Crippen molar-refractivity contribution in [3.05, 3.63) is 24.3 Å². The minimum absolute atomic E-state index is 0.0188. The first-order valence-corrected chi connectivity index (χ1v) is 7.30. The number of hydrogen-bond donors (Lipinski definition) is 2. The zero-order valence-corrected chi connectivity index (χ0v) is 11.9. The van der Waals surface area contributed by atoms with Gasteiger partial charge in [0.05, 0.1) is 0 Å². The minimum atomic E-state index is -0.0188. The number of carbonyl (C=O) groups excluding carboxylic acids is 1. The second kappa shape index (κ2) is 5.32. The average Bonchev–Trinajstić information content (AvgIpc) is 2.84. The van der Waals surface area contributed by atoms with Crippen molar-refractivity contribution in [1.82, 2.24) is 9.80 Å². The number of carbonyl (C=O) groups is 1. The van der Waals surface area contributed by atoms with Crippen molar-refractivity contribution in [2.24, 2.45) is 0 Å². The molecule has 2 saturated heterocycles. The molecule has 3 rings (SSSR count). The summed E-state index contributed by atoms with van der Waals surface area (Å²) in [5.41, 5.74) is 7.16. The Labute approximate surface area is 119 Å². The van der Waals surface area contributed by atoms with E-state index in [1.807, 2.05) is 23.1 Å². The monoisotopic (exact) mass is 274 g/mol. The Morgan fingerprint density at radius 2 is 2.25 bits per heavy atom. The molecule has 0 aliphatic carbocycles. The first kappa shape index (κ1) is 13.2. The summed E-state index contributed by atoms with van der Waals surface area (Å²) in [6.45, 7) is 5.11. The first-order valence-electron chi connectivity index (χ1n) is 7.30. The highest BCUT2D eigenvalue weighted by molar-refractivity contribution is 5.90. The van der Waals surface area contributed by atoms with Gasteiger partial charge in [-0.1, -0.05) is 6.07 Å². The van der Waals surface area contributed by atoms with E-state index in [0.717, 1.165) is 18.8 Å².